The van der Waals surface area contributed by atoms with Gasteiger partial charge in [0.05, 0.1) is 0 Å². The van der Waals surface area contributed by atoms with Crippen molar-refractivity contribution in [3.63, 3.8) is 0 Å². The molecule has 15 heavy (non-hydrogen) atoms. The van der Waals surface area contributed by atoms with Gasteiger partial charge in [-0.05, 0) is 19.8 Å². The van der Waals surface area contributed by atoms with Crippen LogP contribution in [0.25, 0.3) is 0 Å². The van der Waals surface area contributed by atoms with E-state index in [1.165, 1.54) is 24.4 Å². The van der Waals surface area contributed by atoms with Crippen molar-refractivity contribution >= 4 is 22.6 Å². The van der Waals surface area contributed by atoms with E-state index < -0.39 is 0 Å². The van der Waals surface area contributed by atoms with Gasteiger partial charge in [-0.2, -0.15) is 9.36 Å². The van der Waals surface area contributed by atoms with Gasteiger partial charge in [-0.3, -0.25) is 0 Å². The molecule has 0 amide bonds. The zero-order valence-electron chi connectivity index (χ0n) is 9.73. The van der Waals surface area contributed by atoms with Gasteiger partial charge in [0.2, 0.25) is 11.1 Å². The second kappa shape index (κ2) is 5.90. The Kier molecular flexibility index (Phi) is 4.81. The third-order valence-electron chi connectivity index (χ3n) is 2.55. The molecule has 1 heterocycles. The van der Waals surface area contributed by atoms with Crippen LogP contribution in [0.1, 0.15) is 40.0 Å². The van der Waals surface area contributed by atoms with Crippen molar-refractivity contribution in [2.75, 3.05) is 17.2 Å². The lowest BCUT2D eigenvalue weighted by molar-refractivity contribution is 0.594. The van der Waals surface area contributed by atoms with Crippen molar-refractivity contribution < 1.29 is 0 Å². The molecule has 2 N–H and O–H groups in total. The fraction of sp³-hybridized carbons (Fsp3) is 0.800. The standard InChI is InChI=1S/C10H20N4S/c1-4-6-7-14(8(3)5-2)10-12-9(11)13-15-10/h8H,4-7H2,1-3H3,(H2,11,13). The van der Waals surface area contributed by atoms with Crippen molar-refractivity contribution in [1.82, 2.24) is 9.36 Å². The fourth-order valence-electron chi connectivity index (χ4n) is 1.40. The third-order valence-corrected chi connectivity index (χ3v) is 3.32. The molecule has 1 rings (SSSR count). The number of rotatable bonds is 6. The number of nitrogen functional groups attached to an aromatic ring is 1. The summed E-state index contributed by atoms with van der Waals surface area (Å²) in [5.41, 5.74) is 5.55. The van der Waals surface area contributed by atoms with Crippen molar-refractivity contribution in [3.8, 4) is 0 Å². The first-order chi connectivity index (χ1) is 7.19. The van der Waals surface area contributed by atoms with Crippen molar-refractivity contribution in [2.24, 2.45) is 0 Å². The van der Waals surface area contributed by atoms with E-state index in [2.05, 4.69) is 35.0 Å². The molecule has 0 aromatic carbocycles. The minimum absolute atomic E-state index is 0.389. The number of unbranched alkanes of at least 4 members (excludes halogenated alkanes) is 1. The summed E-state index contributed by atoms with van der Waals surface area (Å²) in [7, 11) is 0. The highest BCUT2D eigenvalue weighted by Crippen LogP contribution is 2.22. The number of nitrogens with two attached hydrogens (primary N) is 1. The minimum atomic E-state index is 0.389. The van der Waals surface area contributed by atoms with Crippen LogP contribution in [0.15, 0.2) is 0 Å². The highest BCUT2D eigenvalue weighted by molar-refractivity contribution is 7.09. The molecule has 0 aliphatic rings. The summed E-state index contributed by atoms with van der Waals surface area (Å²) in [6, 6.07) is 0.504. The van der Waals surface area contributed by atoms with E-state index in [0.29, 0.717) is 12.0 Å². The van der Waals surface area contributed by atoms with Gasteiger partial charge in [-0.1, -0.05) is 20.3 Å². The zero-order chi connectivity index (χ0) is 11.3. The van der Waals surface area contributed by atoms with Crippen LogP contribution in [0.5, 0.6) is 0 Å². The van der Waals surface area contributed by atoms with Crippen LogP contribution in [0, 0.1) is 0 Å². The minimum Gasteiger partial charge on any atom is -0.367 e. The molecule has 5 heteroatoms. The van der Waals surface area contributed by atoms with Crippen LogP contribution in [-0.4, -0.2) is 21.9 Å². The molecule has 1 atom stereocenters. The molecule has 0 saturated heterocycles. The quantitative estimate of drug-likeness (QED) is 0.813. The molecule has 0 aliphatic carbocycles. The van der Waals surface area contributed by atoms with Crippen LogP contribution in [0.2, 0.25) is 0 Å². The Labute approximate surface area is 95.7 Å². The third kappa shape index (κ3) is 3.34. The maximum Gasteiger partial charge on any atom is 0.233 e. The Balaban J connectivity index is 2.71. The maximum atomic E-state index is 5.55. The van der Waals surface area contributed by atoms with Gasteiger partial charge in [-0.25, -0.2) is 0 Å². The van der Waals surface area contributed by atoms with Gasteiger partial charge < -0.3 is 10.6 Å². The lowest BCUT2D eigenvalue weighted by Gasteiger charge is -2.27. The Hall–Kier alpha value is -0.840. The molecule has 0 spiro atoms. The van der Waals surface area contributed by atoms with Gasteiger partial charge in [0.25, 0.3) is 0 Å². The van der Waals surface area contributed by atoms with E-state index in [1.807, 2.05) is 0 Å². The Morgan fingerprint density at radius 3 is 2.67 bits per heavy atom. The van der Waals surface area contributed by atoms with Crippen LogP contribution >= 0.6 is 11.5 Å². The first-order valence-electron chi connectivity index (χ1n) is 5.54. The van der Waals surface area contributed by atoms with Crippen molar-refractivity contribution in [2.45, 2.75) is 46.1 Å². The number of aromatic nitrogens is 2. The van der Waals surface area contributed by atoms with E-state index >= 15 is 0 Å². The fourth-order valence-corrected chi connectivity index (χ4v) is 2.12. The first kappa shape index (κ1) is 12.2. The Bertz CT molecular complexity index is 287. The molecule has 1 aromatic rings. The summed E-state index contributed by atoms with van der Waals surface area (Å²) in [6.07, 6.45) is 3.49. The second-order valence-corrected chi connectivity index (χ2v) is 4.47. The molecule has 0 saturated carbocycles. The van der Waals surface area contributed by atoms with Gasteiger partial charge in [0.1, 0.15) is 0 Å². The van der Waals surface area contributed by atoms with E-state index in [0.717, 1.165) is 18.1 Å². The first-order valence-corrected chi connectivity index (χ1v) is 6.32. The summed E-state index contributed by atoms with van der Waals surface area (Å²) in [4.78, 5) is 6.55. The highest BCUT2D eigenvalue weighted by atomic mass is 32.1. The van der Waals surface area contributed by atoms with Crippen LogP contribution in [0.4, 0.5) is 11.1 Å². The van der Waals surface area contributed by atoms with Crippen LogP contribution in [0.3, 0.4) is 0 Å². The second-order valence-electron chi connectivity index (χ2n) is 3.74. The van der Waals surface area contributed by atoms with Crippen molar-refractivity contribution in [3.05, 3.63) is 0 Å². The van der Waals surface area contributed by atoms with Crippen LogP contribution < -0.4 is 10.6 Å². The highest BCUT2D eigenvalue weighted by Gasteiger charge is 2.16. The van der Waals surface area contributed by atoms with E-state index in [1.54, 1.807) is 0 Å². The smallest absolute Gasteiger partial charge is 0.233 e. The van der Waals surface area contributed by atoms with Gasteiger partial charge in [-0.15, -0.1) is 0 Å². The molecule has 0 radical (unpaired) electrons. The summed E-state index contributed by atoms with van der Waals surface area (Å²) < 4.78 is 4.03. The summed E-state index contributed by atoms with van der Waals surface area (Å²) in [5.74, 6) is 0.389. The average Bonchev–Trinajstić information content (AvgIpc) is 2.65. The Morgan fingerprint density at radius 1 is 1.47 bits per heavy atom. The molecule has 1 unspecified atom stereocenters. The van der Waals surface area contributed by atoms with Crippen LogP contribution in [-0.2, 0) is 0 Å². The maximum absolute atomic E-state index is 5.55. The zero-order valence-corrected chi connectivity index (χ0v) is 10.5. The average molecular weight is 228 g/mol. The molecule has 0 bridgehead atoms. The van der Waals surface area contributed by atoms with E-state index in [9.17, 15) is 0 Å². The lowest BCUT2D eigenvalue weighted by Crippen LogP contribution is -2.33. The Morgan fingerprint density at radius 2 is 2.20 bits per heavy atom. The summed E-state index contributed by atoms with van der Waals surface area (Å²) in [5, 5.41) is 0.954. The number of anilines is 2. The molecule has 86 valence electrons. The summed E-state index contributed by atoms with van der Waals surface area (Å²) >= 11 is 1.39. The molecular formula is C10H20N4S. The molecule has 4 nitrogen and oxygen atoms in total. The molecule has 1 aromatic heterocycles. The summed E-state index contributed by atoms with van der Waals surface area (Å²) in [6.45, 7) is 7.64. The normalized spacial score (nSPS) is 12.7. The number of hydrogen-bond donors (Lipinski definition) is 1. The SMILES string of the molecule is CCCCN(c1nc(N)ns1)C(C)CC. The predicted molar refractivity (Wildman–Crippen MR) is 66.3 cm³/mol. The van der Waals surface area contributed by atoms with Gasteiger partial charge in [0, 0.05) is 24.1 Å². The topological polar surface area (TPSA) is 55.0 Å². The molecule has 0 aliphatic heterocycles. The number of hydrogen-bond acceptors (Lipinski definition) is 5. The number of nitrogens with zero attached hydrogens (tertiary/aromatic N) is 3. The molecule has 0 fully saturated rings. The van der Waals surface area contributed by atoms with E-state index in [4.69, 9.17) is 5.73 Å². The van der Waals surface area contributed by atoms with Gasteiger partial charge >= 0.3 is 0 Å². The monoisotopic (exact) mass is 228 g/mol. The van der Waals surface area contributed by atoms with Gasteiger partial charge in [0.15, 0.2) is 0 Å². The molecular weight excluding hydrogens is 208 g/mol. The largest absolute Gasteiger partial charge is 0.367 e. The van der Waals surface area contributed by atoms with Crippen molar-refractivity contribution in [1.29, 1.82) is 0 Å². The predicted octanol–water partition coefficient (Wildman–Crippen LogP) is 2.53. The van der Waals surface area contributed by atoms with E-state index in [-0.39, 0.29) is 0 Å². The lowest BCUT2D eigenvalue weighted by atomic mass is 10.2.